The lowest BCUT2D eigenvalue weighted by Crippen LogP contribution is -2.10. The standard InChI is InChI=1S/C54H35NS/c1-2-11-36(12-3-1)38-25-29-41(30-26-38)55(43-33-34-49-47-15-5-4-13-45(47)46-14-6-7-16-48(46)52(49)35-43)42-31-27-39(28-32-42)37-21-23-40(24-22-37)44-18-10-19-51-50-17-8-9-20-53(50)56-54(44)51/h1-35H. The molecular formula is C54H35NS. The Hall–Kier alpha value is -7.00. The number of rotatable bonds is 6. The molecule has 262 valence electrons. The maximum atomic E-state index is 2.39. The van der Waals surface area contributed by atoms with Crippen LogP contribution >= 0.6 is 11.3 Å². The van der Waals surface area contributed by atoms with Crippen LogP contribution in [0.4, 0.5) is 17.1 Å². The Kier molecular flexibility index (Phi) is 7.75. The summed E-state index contributed by atoms with van der Waals surface area (Å²) in [5.41, 5.74) is 10.7. The summed E-state index contributed by atoms with van der Waals surface area (Å²) in [6.45, 7) is 0. The minimum Gasteiger partial charge on any atom is -0.310 e. The molecule has 2 heteroatoms. The highest BCUT2D eigenvalue weighted by molar-refractivity contribution is 7.26. The van der Waals surface area contributed by atoms with Crippen molar-refractivity contribution >= 4 is 80.9 Å². The second-order valence-electron chi connectivity index (χ2n) is 14.5. The maximum Gasteiger partial charge on any atom is 0.0468 e. The molecule has 11 rings (SSSR count). The lowest BCUT2D eigenvalue weighted by molar-refractivity contribution is 1.29. The number of hydrogen-bond acceptors (Lipinski definition) is 2. The summed E-state index contributed by atoms with van der Waals surface area (Å²) >= 11 is 1.88. The molecule has 0 unspecified atom stereocenters. The first kappa shape index (κ1) is 32.4. The zero-order valence-electron chi connectivity index (χ0n) is 30.6. The fourth-order valence-electron chi connectivity index (χ4n) is 8.54. The molecule has 0 N–H and O–H groups in total. The highest BCUT2D eigenvalue weighted by atomic mass is 32.1. The van der Waals surface area contributed by atoms with Gasteiger partial charge in [0, 0.05) is 37.2 Å². The van der Waals surface area contributed by atoms with Gasteiger partial charge in [0.15, 0.2) is 0 Å². The van der Waals surface area contributed by atoms with Crippen LogP contribution in [0.15, 0.2) is 212 Å². The number of benzene rings is 10. The van der Waals surface area contributed by atoms with Gasteiger partial charge in [-0.25, -0.2) is 0 Å². The summed E-state index contributed by atoms with van der Waals surface area (Å²) in [4.78, 5) is 2.39. The summed E-state index contributed by atoms with van der Waals surface area (Å²) in [6.07, 6.45) is 0. The smallest absolute Gasteiger partial charge is 0.0468 e. The van der Waals surface area contributed by atoms with Gasteiger partial charge in [-0.2, -0.15) is 0 Å². The zero-order valence-corrected chi connectivity index (χ0v) is 31.4. The van der Waals surface area contributed by atoms with E-state index >= 15 is 0 Å². The number of thiophene rings is 1. The molecule has 0 bridgehead atoms. The molecule has 0 aliphatic heterocycles. The molecule has 56 heavy (non-hydrogen) atoms. The van der Waals surface area contributed by atoms with Crippen molar-refractivity contribution in [2.24, 2.45) is 0 Å². The average molecular weight is 730 g/mol. The van der Waals surface area contributed by atoms with Gasteiger partial charge in [-0.15, -0.1) is 11.3 Å². The summed E-state index contributed by atoms with van der Waals surface area (Å²) in [5, 5.41) is 10.3. The summed E-state index contributed by atoms with van der Waals surface area (Å²) in [6, 6.07) is 77.6. The predicted octanol–water partition coefficient (Wildman–Crippen LogP) is 16.0. The van der Waals surface area contributed by atoms with Crippen LogP contribution in [0.1, 0.15) is 0 Å². The van der Waals surface area contributed by atoms with Gasteiger partial charge in [0.25, 0.3) is 0 Å². The van der Waals surface area contributed by atoms with Crippen LogP contribution in [-0.2, 0) is 0 Å². The maximum absolute atomic E-state index is 2.39. The summed E-state index contributed by atoms with van der Waals surface area (Å²) in [7, 11) is 0. The third kappa shape index (κ3) is 5.46. The van der Waals surface area contributed by atoms with Gasteiger partial charge in [0.1, 0.15) is 0 Å². The number of hydrogen-bond donors (Lipinski definition) is 0. The van der Waals surface area contributed by atoms with E-state index in [-0.39, 0.29) is 0 Å². The zero-order chi connectivity index (χ0) is 37.0. The van der Waals surface area contributed by atoms with E-state index < -0.39 is 0 Å². The van der Waals surface area contributed by atoms with E-state index in [0.717, 1.165) is 17.1 Å². The molecule has 0 saturated carbocycles. The Labute approximate surface area is 330 Å². The lowest BCUT2D eigenvalue weighted by atomic mass is 9.94. The molecular weight excluding hydrogens is 695 g/mol. The lowest BCUT2D eigenvalue weighted by Gasteiger charge is -2.26. The van der Waals surface area contributed by atoms with Crippen LogP contribution in [0.5, 0.6) is 0 Å². The molecule has 1 aromatic heterocycles. The van der Waals surface area contributed by atoms with Gasteiger partial charge in [0.2, 0.25) is 0 Å². The van der Waals surface area contributed by atoms with Crippen LogP contribution in [0.2, 0.25) is 0 Å². The topological polar surface area (TPSA) is 3.24 Å². The molecule has 0 saturated heterocycles. The van der Waals surface area contributed by atoms with Crippen LogP contribution in [-0.4, -0.2) is 0 Å². The number of anilines is 3. The molecule has 0 atom stereocenters. The van der Waals surface area contributed by atoms with Crippen molar-refractivity contribution in [2.45, 2.75) is 0 Å². The molecule has 1 heterocycles. The Morgan fingerprint density at radius 2 is 0.696 bits per heavy atom. The molecule has 10 aromatic carbocycles. The van der Waals surface area contributed by atoms with E-state index in [2.05, 4.69) is 217 Å². The van der Waals surface area contributed by atoms with Crippen molar-refractivity contribution in [2.75, 3.05) is 4.90 Å². The third-order valence-corrected chi connectivity index (χ3v) is 12.5. The molecule has 1 nitrogen and oxygen atoms in total. The van der Waals surface area contributed by atoms with Gasteiger partial charge < -0.3 is 4.90 Å². The molecule has 0 spiro atoms. The minimum absolute atomic E-state index is 1.11. The van der Waals surface area contributed by atoms with Crippen molar-refractivity contribution in [3.8, 4) is 33.4 Å². The van der Waals surface area contributed by atoms with E-state index in [1.807, 2.05) is 11.3 Å². The fourth-order valence-corrected chi connectivity index (χ4v) is 9.77. The van der Waals surface area contributed by atoms with Gasteiger partial charge in [-0.3, -0.25) is 0 Å². The van der Waals surface area contributed by atoms with E-state index in [4.69, 9.17) is 0 Å². The van der Waals surface area contributed by atoms with Gasteiger partial charge >= 0.3 is 0 Å². The SMILES string of the molecule is c1ccc(-c2ccc(N(c3ccc(-c4ccc(-c5cccc6c5sc5ccccc56)cc4)cc3)c3ccc4c5ccccc5c5ccccc5c4c3)cc2)cc1. The van der Waals surface area contributed by atoms with Crippen LogP contribution in [0.3, 0.4) is 0 Å². The second-order valence-corrected chi connectivity index (χ2v) is 15.5. The van der Waals surface area contributed by atoms with E-state index in [1.165, 1.54) is 85.9 Å². The predicted molar refractivity (Wildman–Crippen MR) is 243 cm³/mol. The minimum atomic E-state index is 1.11. The Morgan fingerprint density at radius 3 is 1.30 bits per heavy atom. The molecule has 0 radical (unpaired) electrons. The van der Waals surface area contributed by atoms with Crippen molar-refractivity contribution in [3.05, 3.63) is 212 Å². The third-order valence-electron chi connectivity index (χ3n) is 11.3. The highest BCUT2D eigenvalue weighted by Gasteiger charge is 2.17. The first-order valence-electron chi connectivity index (χ1n) is 19.2. The Morgan fingerprint density at radius 1 is 0.268 bits per heavy atom. The van der Waals surface area contributed by atoms with E-state index in [1.54, 1.807) is 0 Å². The first-order chi connectivity index (χ1) is 27.8. The average Bonchev–Trinajstić information content (AvgIpc) is 3.67. The highest BCUT2D eigenvalue weighted by Crippen LogP contribution is 2.43. The molecule has 0 aliphatic rings. The van der Waals surface area contributed by atoms with E-state index in [0.29, 0.717) is 0 Å². The van der Waals surface area contributed by atoms with Crippen molar-refractivity contribution in [3.63, 3.8) is 0 Å². The number of fused-ring (bicyclic) bond motifs is 9. The molecule has 11 aromatic rings. The van der Waals surface area contributed by atoms with Crippen molar-refractivity contribution < 1.29 is 0 Å². The van der Waals surface area contributed by atoms with Crippen LogP contribution in [0.25, 0.3) is 85.9 Å². The van der Waals surface area contributed by atoms with E-state index in [9.17, 15) is 0 Å². The second kappa shape index (κ2) is 13.4. The normalized spacial score (nSPS) is 11.6. The first-order valence-corrected chi connectivity index (χ1v) is 20.0. The summed E-state index contributed by atoms with van der Waals surface area (Å²) in [5.74, 6) is 0. The van der Waals surface area contributed by atoms with Gasteiger partial charge in [0.05, 0.1) is 0 Å². The number of nitrogens with zero attached hydrogens (tertiary/aromatic N) is 1. The molecule has 0 aliphatic carbocycles. The van der Waals surface area contributed by atoms with Crippen molar-refractivity contribution in [1.29, 1.82) is 0 Å². The van der Waals surface area contributed by atoms with Crippen molar-refractivity contribution in [1.82, 2.24) is 0 Å². The molecule has 0 fully saturated rings. The monoisotopic (exact) mass is 729 g/mol. The summed E-state index contributed by atoms with van der Waals surface area (Å²) < 4.78 is 2.68. The molecule has 0 amide bonds. The van der Waals surface area contributed by atoms with Crippen LogP contribution in [0, 0.1) is 0 Å². The Bertz CT molecular complexity index is 3180. The van der Waals surface area contributed by atoms with Crippen LogP contribution < -0.4 is 4.90 Å². The van der Waals surface area contributed by atoms with Gasteiger partial charge in [-0.1, -0.05) is 170 Å². The fraction of sp³-hybridized carbons (Fsp3) is 0. The quantitative estimate of drug-likeness (QED) is 0.154. The Balaban J connectivity index is 0.994. The largest absolute Gasteiger partial charge is 0.310 e. The van der Waals surface area contributed by atoms with Gasteiger partial charge in [-0.05, 0) is 108 Å².